The number of carbonyl (C=O) groups excluding carboxylic acids is 1. The molecule has 3 nitrogen and oxygen atoms in total. The molecule has 0 aliphatic carbocycles. The second-order valence-corrected chi connectivity index (χ2v) is 5.07. The molecule has 1 spiro atoms. The lowest BCUT2D eigenvalue weighted by Crippen LogP contribution is -2.36. The number of benzene rings is 1. The third-order valence-electron chi connectivity index (χ3n) is 3.34. The summed E-state index contributed by atoms with van der Waals surface area (Å²) in [6.07, 6.45) is 0.896. The first-order valence-electron chi connectivity index (χ1n) is 5.05. The highest BCUT2D eigenvalue weighted by Crippen LogP contribution is 2.42. The minimum absolute atomic E-state index is 0.139. The van der Waals surface area contributed by atoms with E-state index < -0.39 is 0 Å². The second-order valence-electron chi connectivity index (χ2n) is 4.15. The molecule has 0 bridgehead atoms. The van der Waals surface area contributed by atoms with E-state index in [1.807, 2.05) is 18.2 Å². The van der Waals surface area contributed by atoms with Crippen LogP contribution < -0.4 is 10.6 Å². The van der Waals surface area contributed by atoms with E-state index in [0.717, 1.165) is 35.2 Å². The summed E-state index contributed by atoms with van der Waals surface area (Å²) in [5.41, 5.74) is 1.79. The molecule has 0 radical (unpaired) electrons. The molecule has 1 saturated heterocycles. The lowest BCUT2D eigenvalue weighted by molar-refractivity contribution is -0.120. The summed E-state index contributed by atoms with van der Waals surface area (Å²) in [5, 5.41) is 6.23. The minimum Gasteiger partial charge on any atom is -0.325 e. The van der Waals surface area contributed by atoms with Crippen molar-refractivity contribution in [1.82, 2.24) is 5.32 Å². The Morgan fingerprint density at radius 3 is 3.00 bits per heavy atom. The Balaban J connectivity index is 2.17. The number of halogens is 1. The van der Waals surface area contributed by atoms with Gasteiger partial charge in [-0.2, -0.15) is 0 Å². The van der Waals surface area contributed by atoms with Crippen LogP contribution in [0.4, 0.5) is 5.69 Å². The maximum Gasteiger partial charge on any atom is 0.236 e. The molecular formula is C11H11BrN2O. The zero-order chi connectivity index (χ0) is 10.5. The number of hydrogen-bond acceptors (Lipinski definition) is 2. The molecule has 3 rings (SSSR count). The van der Waals surface area contributed by atoms with E-state index in [4.69, 9.17) is 0 Å². The lowest BCUT2D eigenvalue weighted by atomic mass is 9.81. The van der Waals surface area contributed by atoms with Crippen LogP contribution in [0.3, 0.4) is 0 Å². The average molecular weight is 267 g/mol. The third-order valence-corrected chi connectivity index (χ3v) is 3.83. The lowest BCUT2D eigenvalue weighted by Gasteiger charge is -2.19. The first-order chi connectivity index (χ1) is 7.22. The summed E-state index contributed by atoms with van der Waals surface area (Å²) in [6.45, 7) is 1.68. The normalized spacial score (nSPS) is 28.2. The van der Waals surface area contributed by atoms with E-state index in [1.165, 1.54) is 0 Å². The zero-order valence-corrected chi connectivity index (χ0v) is 9.73. The van der Waals surface area contributed by atoms with Gasteiger partial charge in [0.05, 0.1) is 5.41 Å². The predicted octanol–water partition coefficient (Wildman–Crippen LogP) is 1.63. The average Bonchev–Trinajstić information content (AvgIpc) is 2.76. The number of fused-ring (bicyclic) bond motifs is 2. The molecule has 0 saturated carbocycles. The zero-order valence-electron chi connectivity index (χ0n) is 8.14. The molecule has 2 heterocycles. The van der Waals surface area contributed by atoms with Gasteiger partial charge in [0.2, 0.25) is 5.91 Å². The van der Waals surface area contributed by atoms with Gasteiger partial charge in [-0.3, -0.25) is 4.79 Å². The molecule has 1 aromatic carbocycles. The first-order valence-corrected chi connectivity index (χ1v) is 5.84. The van der Waals surface area contributed by atoms with Crippen LogP contribution in [0, 0.1) is 0 Å². The SMILES string of the molecule is O=C1Nc2cc(Br)ccc2C12CCNC2. The fraction of sp³-hybridized carbons (Fsp3) is 0.364. The Hall–Kier alpha value is -0.870. The summed E-state index contributed by atoms with van der Waals surface area (Å²) in [6, 6.07) is 6.02. The fourth-order valence-corrected chi connectivity index (χ4v) is 2.88. The fourth-order valence-electron chi connectivity index (χ4n) is 2.52. The van der Waals surface area contributed by atoms with Crippen LogP contribution in [-0.2, 0) is 10.2 Å². The van der Waals surface area contributed by atoms with Gasteiger partial charge in [0.1, 0.15) is 0 Å². The summed E-state index contributed by atoms with van der Waals surface area (Å²) in [5.74, 6) is 0.139. The monoisotopic (exact) mass is 266 g/mol. The van der Waals surface area contributed by atoms with Gasteiger partial charge < -0.3 is 10.6 Å². The number of amides is 1. The van der Waals surface area contributed by atoms with Crippen LogP contribution in [0.1, 0.15) is 12.0 Å². The molecule has 15 heavy (non-hydrogen) atoms. The summed E-state index contributed by atoms with van der Waals surface area (Å²) in [4.78, 5) is 12.0. The van der Waals surface area contributed by atoms with Crippen molar-refractivity contribution in [2.75, 3.05) is 18.4 Å². The molecule has 2 N–H and O–H groups in total. The number of anilines is 1. The number of hydrogen-bond donors (Lipinski definition) is 2. The Morgan fingerprint density at radius 2 is 2.27 bits per heavy atom. The van der Waals surface area contributed by atoms with Crippen molar-refractivity contribution in [3.63, 3.8) is 0 Å². The van der Waals surface area contributed by atoms with Gasteiger partial charge in [-0.25, -0.2) is 0 Å². The Bertz CT molecular complexity index is 438. The second kappa shape index (κ2) is 3.06. The summed E-state index contributed by atoms with van der Waals surface area (Å²) >= 11 is 3.41. The molecule has 0 aromatic heterocycles. The smallest absolute Gasteiger partial charge is 0.236 e. The third kappa shape index (κ3) is 1.18. The van der Waals surface area contributed by atoms with Gasteiger partial charge in [-0.1, -0.05) is 22.0 Å². The number of nitrogens with one attached hydrogen (secondary N) is 2. The van der Waals surface area contributed by atoms with E-state index in [1.54, 1.807) is 0 Å². The van der Waals surface area contributed by atoms with Crippen molar-refractivity contribution in [2.24, 2.45) is 0 Å². The van der Waals surface area contributed by atoms with Crippen molar-refractivity contribution in [3.8, 4) is 0 Å². The standard InChI is InChI=1S/C11H11BrN2O/c12-7-1-2-8-9(5-7)14-10(15)11(8)3-4-13-6-11/h1-2,5,13H,3-4,6H2,(H,14,15). The van der Waals surface area contributed by atoms with Crippen LogP contribution in [-0.4, -0.2) is 19.0 Å². The van der Waals surface area contributed by atoms with Crippen LogP contribution in [0.2, 0.25) is 0 Å². The molecule has 2 aliphatic rings. The Morgan fingerprint density at radius 1 is 1.40 bits per heavy atom. The largest absolute Gasteiger partial charge is 0.325 e. The molecule has 2 aliphatic heterocycles. The van der Waals surface area contributed by atoms with Crippen molar-refractivity contribution < 1.29 is 4.79 Å². The number of rotatable bonds is 0. The van der Waals surface area contributed by atoms with Crippen molar-refractivity contribution in [3.05, 3.63) is 28.2 Å². The highest BCUT2D eigenvalue weighted by molar-refractivity contribution is 9.10. The molecule has 4 heteroatoms. The predicted molar refractivity (Wildman–Crippen MR) is 61.9 cm³/mol. The highest BCUT2D eigenvalue weighted by atomic mass is 79.9. The topological polar surface area (TPSA) is 41.1 Å². The van der Waals surface area contributed by atoms with Gasteiger partial charge in [0, 0.05) is 16.7 Å². The van der Waals surface area contributed by atoms with Crippen LogP contribution in [0.15, 0.2) is 22.7 Å². The van der Waals surface area contributed by atoms with Crippen LogP contribution >= 0.6 is 15.9 Å². The molecule has 78 valence electrons. The van der Waals surface area contributed by atoms with Gasteiger partial charge in [-0.15, -0.1) is 0 Å². The van der Waals surface area contributed by atoms with Gasteiger partial charge >= 0.3 is 0 Å². The molecule has 1 amide bonds. The highest BCUT2D eigenvalue weighted by Gasteiger charge is 2.48. The Kier molecular flexibility index (Phi) is 1.91. The van der Waals surface area contributed by atoms with Crippen LogP contribution in [0.25, 0.3) is 0 Å². The van der Waals surface area contributed by atoms with Crippen molar-refractivity contribution in [2.45, 2.75) is 11.8 Å². The van der Waals surface area contributed by atoms with E-state index in [-0.39, 0.29) is 11.3 Å². The number of carbonyl (C=O) groups is 1. The van der Waals surface area contributed by atoms with Crippen LogP contribution in [0.5, 0.6) is 0 Å². The van der Waals surface area contributed by atoms with Gasteiger partial charge in [0.25, 0.3) is 0 Å². The minimum atomic E-state index is -0.309. The summed E-state index contributed by atoms with van der Waals surface area (Å²) in [7, 11) is 0. The van der Waals surface area contributed by atoms with Crippen molar-refractivity contribution >= 4 is 27.5 Å². The van der Waals surface area contributed by atoms with Gasteiger partial charge in [-0.05, 0) is 30.7 Å². The quantitative estimate of drug-likeness (QED) is 0.750. The van der Waals surface area contributed by atoms with Gasteiger partial charge in [0.15, 0.2) is 0 Å². The maximum atomic E-state index is 12.0. The van der Waals surface area contributed by atoms with Crippen molar-refractivity contribution in [1.29, 1.82) is 0 Å². The van der Waals surface area contributed by atoms with E-state index >= 15 is 0 Å². The molecular weight excluding hydrogens is 256 g/mol. The van der Waals surface area contributed by atoms with E-state index in [0.29, 0.717) is 0 Å². The van der Waals surface area contributed by atoms with E-state index in [9.17, 15) is 4.79 Å². The van der Waals surface area contributed by atoms with E-state index in [2.05, 4.69) is 26.6 Å². The molecule has 1 aromatic rings. The molecule has 1 fully saturated rings. The first kappa shape index (κ1) is 9.36. The summed E-state index contributed by atoms with van der Waals surface area (Å²) < 4.78 is 1.00. The molecule has 1 unspecified atom stereocenters. The Labute approximate surface area is 96.4 Å². The maximum absolute atomic E-state index is 12.0. The molecule has 1 atom stereocenters.